The average Bonchev–Trinajstić information content (AvgIpc) is 2.47. The molecule has 2 aromatic carbocycles. The third kappa shape index (κ3) is 3.68. The summed E-state index contributed by atoms with van der Waals surface area (Å²) in [6, 6.07) is 14.5. The first-order valence-electron chi connectivity index (χ1n) is 6.24. The Morgan fingerprint density at radius 1 is 1.00 bits per heavy atom. The van der Waals surface area contributed by atoms with E-state index in [1.54, 1.807) is 42.5 Å². The third-order valence-corrected chi connectivity index (χ3v) is 4.10. The number of benzene rings is 2. The Morgan fingerprint density at radius 3 is 2.14 bits per heavy atom. The largest absolute Gasteiger partial charge is 0.317 e. The van der Waals surface area contributed by atoms with Crippen molar-refractivity contribution in [2.75, 3.05) is 7.05 Å². The van der Waals surface area contributed by atoms with Gasteiger partial charge in [0.2, 0.25) is 0 Å². The topological polar surface area (TPSA) is 63.7 Å². The van der Waals surface area contributed by atoms with Gasteiger partial charge in [0.25, 0.3) is 5.91 Å². The van der Waals surface area contributed by atoms with Crippen LogP contribution >= 0.6 is 0 Å². The highest BCUT2D eigenvalue weighted by molar-refractivity contribution is 7.86. The summed E-state index contributed by atoms with van der Waals surface area (Å²) in [6.07, 6.45) is 0. The highest BCUT2D eigenvalue weighted by atomic mass is 32.2. The summed E-state index contributed by atoms with van der Waals surface area (Å²) in [5.74, 6) is -0.536. The van der Waals surface area contributed by atoms with Gasteiger partial charge in [0.15, 0.2) is 0 Å². The number of hydrogen-bond acceptors (Lipinski definition) is 4. The van der Waals surface area contributed by atoms with Gasteiger partial charge < -0.3 is 0 Å². The number of hydrogen-bond donors (Lipinski definition) is 0. The zero-order valence-electron chi connectivity index (χ0n) is 11.7. The van der Waals surface area contributed by atoms with Crippen LogP contribution in [-0.2, 0) is 14.4 Å². The Bertz CT molecular complexity index is 724. The van der Waals surface area contributed by atoms with E-state index >= 15 is 0 Å². The number of carbonyl (C=O) groups excluding carboxylic acids is 1. The van der Waals surface area contributed by atoms with Crippen LogP contribution in [0.25, 0.3) is 0 Å². The van der Waals surface area contributed by atoms with Crippen LogP contribution in [0.3, 0.4) is 0 Å². The van der Waals surface area contributed by atoms with Crippen LogP contribution in [0, 0.1) is 6.92 Å². The summed E-state index contributed by atoms with van der Waals surface area (Å²) >= 11 is 0. The molecule has 0 bridgehead atoms. The molecule has 0 heterocycles. The van der Waals surface area contributed by atoms with Gasteiger partial charge in [0, 0.05) is 12.6 Å². The van der Waals surface area contributed by atoms with Crippen LogP contribution in [0.4, 0.5) is 0 Å². The lowest BCUT2D eigenvalue weighted by atomic mass is 10.2. The fourth-order valence-electron chi connectivity index (χ4n) is 1.69. The highest BCUT2D eigenvalue weighted by Gasteiger charge is 2.22. The molecule has 0 aliphatic carbocycles. The second-order valence-corrected chi connectivity index (χ2v) is 6.04. The smallest absolute Gasteiger partial charge is 0.267 e. The Hall–Kier alpha value is -2.18. The first-order valence-corrected chi connectivity index (χ1v) is 7.65. The molecule has 0 aliphatic heterocycles. The number of nitrogens with zero attached hydrogens (tertiary/aromatic N) is 1. The quantitative estimate of drug-likeness (QED) is 0.814. The summed E-state index contributed by atoms with van der Waals surface area (Å²) in [6.45, 7) is 1.85. The number of carbonyl (C=O) groups is 1. The van der Waals surface area contributed by atoms with Gasteiger partial charge in [-0.05, 0) is 31.2 Å². The van der Waals surface area contributed by atoms with Crippen molar-refractivity contribution in [2.24, 2.45) is 0 Å². The van der Waals surface area contributed by atoms with Crippen LogP contribution < -0.4 is 0 Å². The first kappa shape index (κ1) is 15.2. The van der Waals surface area contributed by atoms with Gasteiger partial charge in [-0.1, -0.05) is 35.9 Å². The molecule has 2 rings (SSSR count). The minimum atomic E-state index is -4.02. The van der Waals surface area contributed by atoms with E-state index in [4.69, 9.17) is 4.28 Å². The van der Waals surface area contributed by atoms with Crippen molar-refractivity contribution >= 4 is 16.0 Å². The lowest BCUT2D eigenvalue weighted by molar-refractivity contribution is -0.00879. The molecule has 0 radical (unpaired) electrons. The second-order valence-electron chi connectivity index (χ2n) is 4.51. The Labute approximate surface area is 123 Å². The zero-order valence-corrected chi connectivity index (χ0v) is 12.5. The number of amides is 1. The van der Waals surface area contributed by atoms with Crippen LogP contribution in [0.2, 0.25) is 0 Å². The van der Waals surface area contributed by atoms with Gasteiger partial charge in [-0.15, -0.1) is 4.28 Å². The summed E-state index contributed by atoms with van der Waals surface area (Å²) in [5.41, 5.74) is 1.28. The monoisotopic (exact) mass is 305 g/mol. The second kappa shape index (κ2) is 6.07. The molecule has 0 aromatic heterocycles. The van der Waals surface area contributed by atoms with E-state index in [-0.39, 0.29) is 4.90 Å². The van der Waals surface area contributed by atoms with E-state index in [0.29, 0.717) is 10.6 Å². The van der Waals surface area contributed by atoms with Gasteiger partial charge in [-0.2, -0.15) is 8.42 Å². The molecule has 2 aromatic rings. The molecular weight excluding hydrogens is 290 g/mol. The molecule has 21 heavy (non-hydrogen) atoms. The third-order valence-electron chi connectivity index (χ3n) is 2.83. The average molecular weight is 305 g/mol. The zero-order chi connectivity index (χ0) is 15.5. The predicted octanol–water partition coefficient (Wildman–Crippen LogP) is 2.39. The first-order chi connectivity index (χ1) is 9.90. The van der Waals surface area contributed by atoms with E-state index in [0.717, 1.165) is 5.56 Å². The molecule has 0 N–H and O–H groups in total. The molecule has 0 saturated carbocycles. The molecule has 0 aliphatic rings. The number of aryl methyl sites for hydroxylation is 1. The fraction of sp³-hybridized carbons (Fsp3) is 0.133. The van der Waals surface area contributed by atoms with Crippen molar-refractivity contribution in [2.45, 2.75) is 11.8 Å². The van der Waals surface area contributed by atoms with Crippen LogP contribution in [0.1, 0.15) is 15.9 Å². The van der Waals surface area contributed by atoms with Gasteiger partial charge >= 0.3 is 10.1 Å². The summed E-state index contributed by atoms with van der Waals surface area (Å²) < 4.78 is 29.0. The number of hydroxylamine groups is 2. The predicted molar refractivity (Wildman–Crippen MR) is 78.0 cm³/mol. The molecule has 110 valence electrons. The molecule has 0 saturated heterocycles. The Kier molecular flexibility index (Phi) is 4.40. The van der Waals surface area contributed by atoms with Crippen molar-refractivity contribution < 1.29 is 17.5 Å². The van der Waals surface area contributed by atoms with Crippen molar-refractivity contribution in [3.05, 3.63) is 65.7 Å². The van der Waals surface area contributed by atoms with E-state index in [2.05, 4.69) is 0 Å². The van der Waals surface area contributed by atoms with Crippen molar-refractivity contribution in [3.8, 4) is 0 Å². The highest BCUT2D eigenvalue weighted by Crippen LogP contribution is 2.15. The van der Waals surface area contributed by atoms with E-state index in [1.165, 1.54) is 19.2 Å². The summed E-state index contributed by atoms with van der Waals surface area (Å²) in [4.78, 5) is 12.0. The van der Waals surface area contributed by atoms with Crippen molar-refractivity contribution in [3.63, 3.8) is 0 Å². The maximum Gasteiger partial charge on any atom is 0.317 e. The van der Waals surface area contributed by atoms with Gasteiger partial charge in [0.05, 0.1) is 4.90 Å². The molecule has 0 spiro atoms. The van der Waals surface area contributed by atoms with Crippen molar-refractivity contribution in [1.82, 2.24) is 5.06 Å². The Balaban J connectivity index is 2.17. The Morgan fingerprint density at radius 2 is 1.57 bits per heavy atom. The lowest BCUT2D eigenvalue weighted by Crippen LogP contribution is -2.29. The summed E-state index contributed by atoms with van der Waals surface area (Å²) in [5, 5.41) is 0.713. The molecule has 0 unspecified atom stereocenters. The van der Waals surface area contributed by atoms with E-state index in [1.807, 2.05) is 6.92 Å². The SMILES string of the molecule is Cc1ccc(S(=O)(=O)ON(C)C(=O)c2ccccc2)cc1. The minimum absolute atomic E-state index is 0.000752. The van der Waals surface area contributed by atoms with Crippen molar-refractivity contribution in [1.29, 1.82) is 0 Å². The molecule has 6 heteroatoms. The fourth-order valence-corrected chi connectivity index (χ4v) is 2.61. The summed E-state index contributed by atoms with van der Waals surface area (Å²) in [7, 11) is -2.76. The molecule has 5 nitrogen and oxygen atoms in total. The normalized spacial score (nSPS) is 11.1. The van der Waals surface area contributed by atoms with Gasteiger partial charge in [0.1, 0.15) is 0 Å². The van der Waals surface area contributed by atoms with Crippen LogP contribution in [0.5, 0.6) is 0 Å². The maximum atomic E-state index is 12.1. The maximum absolute atomic E-state index is 12.1. The van der Waals surface area contributed by atoms with E-state index < -0.39 is 16.0 Å². The minimum Gasteiger partial charge on any atom is -0.267 e. The molecular formula is C15H15NO4S. The molecule has 0 atom stereocenters. The van der Waals surface area contributed by atoms with Crippen LogP contribution in [-0.4, -0.2) is 26.4 Å². The lowest BCUT2D eigenvalue weighted by Gasteiger charge is -2.16. The van der Waals surface area contributed by atoms with Gasteiger partial charge in [-0.25, -0.2) is 5.06 Å². The van der Waals surface area contributed by atoms with Gasteiger partial charge in [-0.3, -0.25) is 4.79 Å². The standard InChI is InChI=1S/C15H15NO4S/c1-12-8-10-14(11-9-12)21(18,19)20-16(2)15(17)13-6-4-3-5-7-13/h3-11H,1-2H3. The van der Waals surface area contributed by atoms with Crippen LogP contribution in [0.15, 0.2) is 59.5 Å². The molecule has 0 fully saturated rings. The van der Waals surface area contributed by atoms with E-state index in [9.17, 15) is 13.2 Å². The number of rotatable bonds is 4. The molecule has 1 amide bonds.